The fraction of sp³-hybridized carbons (Fsp3) is 0.636. The zero-order valence-electron chi connectivity index (χ0n) is 16.1. The molecule has 5 nitrogen and oxygen atoms in total. The molecule has 3 amide bonds. The van der Waals surface area contributed by atoms with Crippen LogP contribution < -0.4 is 5.32 Å². The molecule has 6 rings (SSSR count). The van der Waals surface area contributed by atoms with Crippen molar-refractivity contribution in [1.29, 1.82) is 0 Å². The number of halogens is 1. The molecule has 1 saturated heterocycles. The molecule has 4 bridgehead atoms. The molecule has 5 fully saturated rings. The molecule has 0 radical (unpaired) electrons. The van der Waals surface area contributed by atoms with Gasteiger partial charge in [0.1, 0.15) is 0 Å². The smallest absolute Gasteiger partial charge is 0.317 e. The maximum Gasteiger partial charge on any atom is 0.317 e. The van der Waals surface area contributed by atoms with Crippen LogP contribution in [0.15, 0.2) is 24.3 Å². The van der Waals surface area contributed by atoms with E-state index in [0.29, 0.717) is 54.6 Å². The molecule has 0 aromatic heterocycles. The van der Waals surface area contributed by atoms with Crippen molar-refractivity contribution in [3.8, 4) is 0 Å². The lowest BCUT2D eigenvalue weighted by Gasteiger charge is -2.54. The van der Waals surface area contributed by atoms with Gasteiger partial charge in [0.15, 0.2) is 0 Å². The number of benzene rings is 1. The number of piperazine rings is 1. The Balaban J connectivity index is 1.15. The molecular weight excluding hydrogens is 374 g/mol. The monoisotopic (exact) mass is 401 g/mol. The van der Waals surface area contributed by atoms with E-state index in [0.717, 1.165) is 11.8 Å². The topological polar surface area (TPSA) is 52.7 Å². The average molecular weight is 402 g/mol. The van der Waals surface area contributed by atoms with Gasteiger partial charge in [-0.1, -0.05) is 11.6 Å². The molecule has 150 valence electrons. The molecule has 1 aromatic carbocycles. The summed E-state index contributed by atoms with van der Waals surface area (Å²) in [6, 6.07) is 7.43. The van der Waals surface area contributed by atoms with Gasteiger partial charge in [-0.15, -0.1) is 0 Å². The van der Waals surface area contributed by atoms with E-state index in [1.54, 1.807) is 24.3 Å². The first-order valence-corrected chi connectivity index (χ1v) is 11.0. The van der Waals surface area contributed by atoms with Crippen molar-refractivity contribution in [2.24, 2.45) is 23.7 Å². The van der Waals surface area contributed by atoms with E-state index in [1.807, 2.05) is 9.80 Å². The van der Waals surface area contributed by atoms with Gasteiger partial charge in [-0.25, -0.2) is 4.79 Å². The van der Waals surface area contributed by atoms with E-state index in [9.17, 15) is 9.59 Å². The lowest BCUT2D eigenvalue weighted by molar-refractivity contribution is -0.0115. The molecule has 4 saturated carbocycles. The number of nitrogens with zero attached hydrogens (tertiary/aromatic N) is 2. The minimum absolute atomic E-state index is 0.0118. The zero-order valence-corrected chi connectivity index (χ0v) is 16.9. The van der Waals surface area contributed by atoms with E-state index in [4.69, 9.17) is 11.6 Å². The number of nitrogens with one attached hydrogen (secondary N) is 1. The predicted octanol–water partition coefficient (Wildman–Crippen LogP) is 3.63. The first-order chi connectivity index (χ1) is 13.6. The largest absolute Gasteiger partial charge is 0.335 e. The minimum Gasteiger partial charge on any atom is -0.335 e. The second-order valence-electron chi connectivity index (χ2n) is 9.19. The fourth-order valence-corrected chi connectivity index (χ4v) is 6.41. The Bertz CT molecular complexity index is 730. The van der Waals surface area contributed by atoms with E-state index in [2.05, 4.69) is 5.32 Å². The second-order valence-corrected chi connectivity index (χ2v) is 9.63. The summed E-state index contributed by atoms with van der Waals surface area (Å²) in [4.78, 5) is 29.2. The Morgan fingerprint density at radius 1 is 0.821 bits per heavy atom. The maximum atomic E-state index is 12.9. The SMILES string of the molecule is O=C(NC1C2CC3CC(C2)CC1C3)N1CCN(C(=O)c2ccc(Cl)cc2)CC1. The van der Waals surface area contributed by atoms with Crippen molar-refractivity contribution in [3.63, 3.8) is 0 Å². The number of urea groups is 1. The van der Waals surface area contributed by atoms with Gasteiger partial charge in [-0.2, -0.15) is 0 Å². The van der Waals surface area contributed by atoms with Gasteiger partial charge in [0, 0.05) is 42.8 Å². The van der Waals surface area contributed by atoms with Gasteiger partial charge in [-0.3, -0.25) is 4.79 Å². The number of amides is 3. The predicted molar refractivity (Wildman–Crippen MR) is 108 cm³/mol. The van der Waals surface area contributed by atoms with Crippen molar-refractivity contribution in [3.05, 3.63) is 34.9 Å². The summed E-state index contributed by atoms with van der Waals surface area (Å²) in [6.45, 7) is 2.35. The van der Waals surface area contributed by atoms with Crippen LogP contribution in [-0.2, 0) is 0 Å². The highest BCUT2D eigenvalue weighted by Crippen LogP contribution is 2.53. The van der Waals surface area contributed by atoms with Crippen LogP contribution in [0.2, 0.25) is 5.02 Å². The van der Waals surface area contributed by atoms with E-state index in [1.165, 1.54) is 32.1 Å². The molecule has 1 heterocycles. The van der Waals surface area contributed by atoms with Crippen LogP contribution in [-0.4, -0.2) is 54.0 Å². The van der Waals surface area contributed by atoms with Crippen LogP contribution in [0.5, 0.6) is 0 Å². The average Bonchev–Trinajstić information content (AvgIpc) is 2.70. The van der Waals surface area contributed by atoms with Crippen molar-refractivity contribution < 1.29 is 9.59 Å². The fourth-order valence-electron chi connectivity index (χ4n) is 6.28. The highest BCUT2D eigenvalue weighted by atomic mass is 35.5. The third-order valence-corrected chi connectivity index (χ3v) is 7.71. The normalized spacial score (nSPS) is 33.8. The number of hydrogen-bond acceptors (Lipinski definition) is 2. The van der Waals surface area contributed by atoms with Crippen LogP contribution in [0, 0.1) is 23.7 Å². The van der Waals surface area contributed by atoms with Crippen molar-refractivity contribution >= 4 is 23.5 Å². The molecule has 0 unspecified atom stereocenters. The van der Waals surface area contributed by atoms with Gasteiger partial charge < -0.3 is 15.1 Å². The lowest BCUT2D eigenvalue weighted by Crippen LogP contribution is -2.60. The molecule has 1 aromatic rings. The molecule has 5 aliphatic rings. The second kappa shape index (κ2) is 7.25. The summed E-state index contributed by atoms with van der Waals surface area (Å²) in [5.74, 6) is 3.22. The van der Waals surface area contributed by atoms with Gasteiger partial charge in [0.25, 0.3) is 5.91 Å². The Hall–Kier alpha value is -1.75. The van der Waals surface area contributed by atoms with Crippen LogP contribution in [0.1, 0.15) is 42.5 Å². The van der Waals surface area contributed by atoms with Crippen LogP contribution in [0.25, 0.3) is 0 Å². The molecule has 0 spiro atoms. The number of carbonyl (C=O) groups is 2. The van der Waals surface area contributed by atoms with Gasteiger partial charge in [-0.05, 0) is 80.0 Å². The van der Waals surface area contributed by atoms with Crippen LogP contribution in [0.4, 0.5) is 4.79 Å². The molecule has 4 aliphatic carbocycles. The van der Waals surface area contributed by atoms with Gasteiger partial charge in [0.2, 0.25) is 0 Å². The Labute approximate surface area is 171 Å². The summed E-state index contributed by atoms with van der Waals surface area (Å²) in [5, 5.41) is 4.01. The summed E-state index contributed by atoms with van der Waals surface area (Å²) >= 11 is 5.91. The third kappa shape index (κ3) is 3.38. The number of carbonyl (C=O) groups excluding carboxylic acids is 2. The lowest BCUT2D eigenvalue weighted by atomic mass is 9.54. The highest BCUT2D eigenvalue weighted by molar-refractivity contribution is 6.30. The number of rotatable bonds is 2. The maximum absolute atomic E-state index is 12.9. The summed E-state index contributed by atoms with van der Waals surface area (Å²) < 4.78 is 0. The highest BCUT2D eigenvalue weighted by Gasteiger charge is 2.48. The summed E-state index contributed by atoms with van der Waals surface area (Å²) in [6.07, 6.45) is 6.66. The zero-order chi connectivity index (χ0) is 19.3. The quantitative estimate of drug-likeness (QED) is 0.822. The summed E-state index contributed by atoms with van der Waals surface area (Å²) in [7, 11) is 0. The Morgan fingerprint density at radius 2 is 1.36 bits per heavy atom. The molecule has 6 heteroatoms. The van der Waals surface area contributed by atoms with E-state index >= 15 is 0 Å². The minimum atomic E-state index is 0.0118. The van der Waals surface area contributed by atoms with E-state index in [-0.39, 0.29) is 11.9 Å². The molecule has 1 aliphatic heterocycles. The van der Waals surface area contributed by atoms with E-state index < -0.39 is 0 Å². The van der Waals surface area contributed by atoms with Crippen molar-refractivity contribution in [2.75, 3.05) is 26.2 Å². The van der Waals surface area contributed by atoms with Crippen LogP contribution >= 0.6 is 11.6 Å². The number of hydrogen-bond donors (Lipinski definition) is 1. The van der Waals surface area contributed by atoms with Gasteiger partial charge in [0.05, 0.1) is 0 Å². The molecular formula is C22H28ClN3O2. The summed E-state index contributed by atoms with van der Waals surface area (Å²) in [5.41, 5.74) is 0.649. The van der Waals surface area contributed by atoms with Crippen LogP contribution in [0.3, 0.4) is 0 Å². The Kier molecular flexibility index (Phi) is 4.74. The molecule has 28 heavy (non-hydrogen) atoms. The van der Waals surface area contributed by atoms with Crippen molar-refractivity contribution in [2.45, 2.75) is 38.1 Å². The molecule has 1 N–H and O–H groups in total. The first kappa shape index (κ1) is 18.3. The standard InChI is InChI=1S/C22H28ClN3O2/c23-19-3-1-16(2-4-19)21(27)25-5-7-26(8-6-25)22(28)24-20-17-10-14-9-15(12-17)13-18(20)11-14/h1-4,14-15,17-18,20H,5-13H2,(H,24,28). The van der Waals surface area contributed by atoms with Gasteiger partial charge >= 0.3 is 6.03 Å². The first-order valence-electron chi connectivity index (χ1n) is 10.7. The molecule has 0 atom stereocenters. The third-order valence-electron chi connectivity index (χ3n) is 7.46. The van der Waals surface area contributed by atoms with Crippen molar-refractivity contribution in [1.82, 2.24) is 15.1 Å². The Morgan fingerprint density at radius 3 is 1.93 bits per heavy atom.